The molecule has 1 aromatic heterocycles. The van der Waals surface area contributed by atoms with Gasteiger partial charge in [-0.25, -0.2) is 4.98 Å². The Bertz CT molecular complexity index is 516. The molecule has 1 aromatic carbocycles. The van der Waals surface area contributed by atoms with Crippen molar-refractivity contribution in [3.8, 4) is 0 Å². The summed E-state index contributed by atoms with van der Waals surface area (Å²) >= 11 is 9.41. The zero-order chi connectivity index (χ0) is 11.5. The van der Waals surface area contributed by atoms with Gasteiger partial charge in [-0.1, -0.05) is 27.5 Å². The number of pyridine rings is 1. The highest BCUT2D eigenvalue weighted by Crippen LogP contribution is 2.28. The highest BCUT2D eigenvalue weighted by Gasteiger charge is 2.02. The van der Waals surface area contributed by atoms with Crippen LogP contribution in [0.5, 0.6) is 0 Å². The summed E-state index contributed by atoms with van der Waals surface area (Å²) in [6, 6.07) is 9.07. The Labute approximate surface area is 107 Å². The highest BCUT2D eigenvalue weighted by atomic mass is 79.9. The summed E-state index contributed by atoms with van der Waals surface area (Å²) in [4.78, 5) is 4.14. The molecule has 1 heterocycles. The number of nitrogen functional groups attached to an aromatic ring is 1. The molecule has 0 aliphatic carbocycles. The van der Waals surface area contributed by atoms with E-state index < -0.39 is 0 Å². The summed E-state index contributed by atoms with van der Waals surface area (Å²) in [5.74, 6) is 0.671. The van der Waals surface area contributed by atoms with E-state index in [0.717, 1.165) is 10.2 Å². The molecule has 2 rings (SSSR count). The van der Waals surface area contributed by atoms with Crippen LogP contribution in [0.25, 0.3) is 0 Å². The van der Waals surface area contributed by atoms with Crippen molar-refractivity contribution in [1.29, 1.82) is 0 Å². The normalized spacial score (nSPS) is 10.1. The second-order valence-electron chi connectivity index (χ2n) is 3.22. The summed E-state index contributed by atoms with van der Waals surface area (Å²) in [6.45, 7) is 0. The maximum Gasteiger partial charge on any atom is 0.132 e. The maximum absolute atomic E-state index is 6.07. The zero-order valence-electron chi connectivity index (χ0n) is 8.24. The van der Waals surface area contributed by atoms with Crippen LogP contribution in [0.1, 0.15) is 0 Å². The fraction of sp³-hybridized carbons (Fsp3) is 0. The molecule has 0 saturated carbocycles. The van der Waals surface area contributed by atoms with Gasteiger partial charge in [0.25, 0.3) is 0 Å². The standard InChI is InChI=1S/C11H9BrClN3/c12-7-1-2-10(9(13)5-7)16-11-6-8(14)3-4-15-11/h1-6H,(H3,14,15,16). The van der Waals surface area contributed by atoms with Crippen molar-refractivity contribution in [2.75, 3.05) is 11.1 Å². The van der Waals surface area contributed by atoms with E-state index in [9.17, 15) is 0 Å². The number of halogens is 2. The lowest BCUT2D eigenvalue weighted by atomic mass is 10.3. The Balaban J connectivity index is 2.27. The number of hydrogen-bond donors (Lipinski definition) is 2. The Morgan fingerprint density at radius 1 is 1.25 bits per heavy atom. The first-order chi connectivity index (χ1) is 7.65. The van der Waals surface area contributed by atoms with Gasteiger partial charge in [0.1, 0.15) is 5.82 Å². The third-order valence-electron chi connectivity index (χ3n) is 1.98. The van der Waals surface area contributed by atoms with Crippen molar-refractivity contribution in [3.05, 3.63) is 46.0 Å². The number of nitrogens with one attached hydrogen (secondary N) is 1. The number of nitrogens with two attached hydrogens (primary N) is 1. The van der Waals surface area contributed by atoms with Crippen molar-refractivity contribution in [2.45, 2.75) is 0 Å². The monoisotopic (exact) mass is 297 g/mol. The SMILES string of the molecule is Nc1ccnc(Nc2ccc(Br)cc2Cl)c1. The van der Waals surface area contributed by atoms with Crippen molar-refractivity contribution in [3.63, 3.8) is 0 Å². The van der Waals surface area contributed by atoms with Gasteiger partial charge in [-0.2, -0.15) is 0 Å². The van der Waals surface area contributed by atoms with E-state index in [-0.39, 0.29) is 0 Å². The van der Waals surface area contributed by atoms with E-state index in [0.29, 0.717) is 16.5 Å². The van der Waals surface area contributed by atoms with Crippen LogP contribution >= 0.6 is 27.5 Å². The lowest BCUT2D eigenvalue weighted by molar-refractivity contribution is 1.31. The molecular formula is C11H9BrClN3. The average Bonchev–Trinajstić information content (AvgIpc) is 2.22. The van der Waals surface area contributed by atoms with E-state index in [1.54, 1.807) is 18.3 Å². The third-order valence-corrected chi connectivity index (χ3v) is 2.78. The van der Waals surface area contributed by atoms with Crippen LogP contribution in [0, 0.1) is 0 Å². The molecule has 16 heavy (non-hydrogen) atoms. The summed E-state index contributed by atoms with van der Waals surface area (Å²) < 4.78 is 0.934. The largest absolute Gasteiger partial charge is 0.399 e. The molecule has 0 spiro atoms. The molecule has 5 heteroatoms. The number of benzene rings is 1. The van der Waals surface area contributed by atoms with Gasteiger partial charge in [0.15, 0.2) is 0 Å². The van der Waals surface area contributed by atoms with Gasteiger partial charge in [-0.3, -0.25) is 0 Å². The minimum atomic E-state index is 0.624. The van der Waals surface area contributed by atoms with Crippen molar-refractivity contribution in [2.24, 2.45) is 0 Å². The predicted molar refractivity (Wildman–Crippen MR) is 71.1 cm³/mol. The van der Waals surface area contributed by atoms with E-state index in [2.05, 4.69) is 26.2 Å². The van der Waals surface area contributed by atoms with E-state index >= 15 is 0 Å². The maximum atomic E-state index is 6.07. The first kappa shape index (κ1) is 11.2. The van der Waals surface area contributed by atoms with E-state index in [1.807, 2.05) is 18.2 Å². The lowest BCUT2D eigenvalue weighted by Gasteiger charge is -2.08. The smallest absolute Gasteiger partial charge is 0.132 e. The van der Waals surface area contributed by atoms with Crippen LogP contribution in [-0.4, -0.2) is 4.98 Å². The third kappa shape index (κ3) is 2.65. The number of anilines is 3. The fourth-order valence-corrected chi connectivity index (χ4v) is 1.96. The second-order valence-corrected chi connectivity index (χ2v) is 4.55. The Hall–Kier alpha value is -1.26. The molecular weight excluding hydrogens is 289 g/mol. The van der Waals surface area contributed by atoms with Crippen LogP contribution < -0.4 is 11.1 Å². The predicted octanol–water partition coefficient (Wildman–Crippen LogP) is 3.82. The number of aromatic nitrogens is 1. The number of hydrogen-bond acceptors (Lipinski definition) is 3. The second kappa shape index (κ2) is 4.72. The highest BCUT2D eigenvalue weighted by molar-refractivity contribution is 9.10. The van der Waals surface area contributed by atoms with E-state index in [1.165, 1.54) is 0 Å². The summed E-state index contributed by atoms with van der Waals surface area (Å²) in [7, 11) is 0. The number of nitrogens with zero attached hydrogens (tertiary/aromatic N) is 1. The molecule has 0 saturated heterocycles. The molecule has 0 aliphatic rings. The van der Waals surface area contributed by atoms with E-state index in [4.69, 9.17) is 17.3 Å². The minimum absolute atomic E-state index is 0.624. The van der Waals surface area contributed by atoms with Crippen LogP contribution in [0.3, 0.4) is 0 Å². The summed E-state index contributed by atoms with van der Waals surface area (Å²) in [6.07, 6.45) is 1.64. The van der Waals surface area contributed by atoms with Gasteiger partial charge in [-0.05, 0) is 24.3 Å². The average molecular weight is 299 g/mol. The Morgan fingerprint density at radius 2 is 2.06 bits per heavy atom. The molecule has 0 fully saturated rings. The van der Waals surface area contributed by atoms with Crippen LogP contribution in [0.2, 0.25) is 5.02 Å². The van der Waals surface area contributed by atoms with Gasteiger partial charge < -0.3 is 11.1 Å². The first-order valence-electron chi connectivity index (χ1n) is 4.59. The topological polar surface area (TPSA) is 50.9 Å². The van der Waals surface area contributed by atoms with Gasteiger partial charge in [0, 0.05) is 22.4 Å². The molecule has 0 unspecified atom stereocenters. The van der Waals surface area contributed by atoms with Crippen LogP contribution in [-0.2, 0) is 0 Å². The van der Waals surface area contributed by atoms with Gasteiger partial charge in [0.05, 0.1) is 10.7 Å². The van der Waals surface area contributed by atoms with Gasteiger partial charge in [-0.15, -0.1) is 0 Å². The lowest BCUT2D eigenvalue weighted by Crippen LogP contribution is -1.95. The molecule has 0 radical (unpaired) electrons. The van der Waals surface area contributed by atoms with Crippen LogP contribution in [0.15, 0.2) is 41.0 Å². The molecule has 0 aliphatic heterocycles. The molecule has 3 N–H and O–H groups in total. The fourth-order valence-electron chi connectivity index (χ4n) is 1.24. The molecule has 3 nitrogen and oxygen atoms in total. The summed E-state index contributed by atoms with van der Waals surface area (Å²) in [5.41, 5.74) is 7.11. The molecule has 2 aromatic rings. The minimum Gasteiger partial charge on any atom is -0.399 e. The first-order valence-corrected chi connectivity index (χ1v) is 5.76. The van der Waals surface area contributed by atoms with Crippen molar-refractivity contribution in [1.82, 2.24) is 4.98 Å². The molecule has 0 bridgehead atoms. The van der Waals surface area contributed by atoms with Crippen LogP contribution in [0.4, 0.5) is 17.2 Å². The van der Waals surface area contributed by atoms with Gasteiger partial charge in [0.2, 0.25) is 0 Å². The number of rotatable bonds is 2. The molecule has 82 valence electrons. The van der Waals surface area contributed by atoms with Gasteiger partial charge >= 0.3 is 0 Å². The molecule has 0 atom stereocenters. The summed E-state index contributed by atoms with van der Waals surface area (Å²) in [5, 5.41) is 3.72. The van der Waals surface area contributed by atoms with Crippen molar-refractivity contribution < 1.29 is 0 Å². The quantitative estimate of drug-likeness (QED) is 0.886. The zero-order valence-corrected chi connectivity index (χ0v) is 10.6. The van der Waals surface area contributed by atoms with Crippen molar-refractivity contribution >= 4 is 44.7 Å². The molecule has 0 amide bonds. The Kier molecular flexibility index (Phi) is 3.31. The Morgan fingerprint density at radius 3 is 2.75 bits per heavy atom.